The van der Waals surface area contributed by atoms with Crippen molar-refractivity contribution in [3.63, 3.8) is 0 Å². The topological polar surface area (TPSA) is 77.2 Å². The van der Waals surface area contributed by atoms with Crippen LogP contribution >= 0.6 is 11.3 Å². The Morgan fingerprint density at radius 3 is 3.20 bits per heavy atom. The van der Waals surface area contributed by atoms with Crippen LogP contribution in [-0.2, 0) is 4.74 Å². The lowest BCUT2D eigenvalue weighted by molar-refractivity contribution is 0.0206. The van der Waals surface area contributed by atoms with Crippen molar-refractivity contribution in [2.45, 2.75) is 25.4 Å². The largest absolute Gasteiger partial charge is 0.375 e. The van der Waals surface area contributed by atoms with Gasteiger partial charge >= 0.3 is 0 Å². The molecular weight excluding hydrogens is 274 g/mol. The fourth-order valence-electron chi connectivity index (χ4n) is 2.43. The average Bonchev–Trinajstić information content (AvgIpc) is 3.00. The van der Waals surface area contributed by atoms with Crippen molar-refractivity contribution >= 4 is 32.6 Å². The summed E-state index contributed by atoms with van der Waals surface area (Å²) in [5.74, 6) is -0.0874. The smallest absolute Gasteiger partial charge is 0.251 e. The van der Waals surface area contributed by atoms with Crippen LogP contribution in [0.2, 0.25) is 0 Å². The molecule has 106 valence electrons. The fraction of sp³-hybridized carbons (Fsp3) is 0.429. The molecule has 3 rings (SSSR count). The van der Waals surface area contributed by atoms with E-state index in [0.717, 1.165) is 29.7 Å². The molecule has 0 saturated carbocycles. The Kier molecular flexibility index (Phi) is 3.35. The first-order valence-electron chi connectivity index (χ1n) is 6.64. The van der Waals surface area contributed by atoms with E-state index in [9.17, 15) is 4.79 Å². The van der Waals surface area contributed by atoms with Gasteiger partial charge in [0.1, 0.15) is 0 Å². The van der Waals surface area contributed by atoms with E-state index in [-0.39, 0.29) is 11.5 Å². The predicted octanol–water partition coefficient (Wildman–Crippen LogP) is 2.18. The van der Waals surface area contributed by atoms with Gasteiger partial charge in [0, 0.05) is 18.7 Å². The van der Waals surface area contributed by atoms with Crippen LogP contribution in [0.4, 0.5) is 5.13 Å². The zero-order valence-electron chi connectivity index (χ0n) is 11.3. The standard InChI is InChI=1S/C14H17N3O2S/c1-14(5-2-6-19-14)8-16-12(18)9-3-4-10-11(7-9)20-13(15)17-10/h3-4,7H,2,5-6,8H2,1H3,(H2,15,17)(H,16,18). The third-order valence-corrected chi connectivity index (χ3v) is 4.44. The quantitative estimate of drug-likeness (QED) is 0.908. The molecule has 1 aromatic heterocycles. The number of fused-ring (bicyclic) bond motifs is 1. The number of nitrogens with two attached hydrogens (primary N) is 1. The summed E-state index contributed by atoms with van der Waals surface area (Å²) < 4.78 is 6.59. The Hall–Kier alpha value is -1.66. The van der Waals surface area contributed by atoms with Gasteiger partial charge in [0.05, 0.1) is 15.8 Å². The van der Waals surface area contributed by atoms with Gasteiger partial charge in [0.25, 0.3) is 5.91 Å². The molecule has 2 aromatic rings. The molecule has 1 saturated heterocycles. The van der Waals surface area contributed by atoms with Crippen LogP contribution in [0.5, 0.6) is 0 Å². The highest BCUT2D eigenvalue weighted by atomic mass is 32.1. The summed E-state index contributed by atoms with van der Waals surface area (Å²) in [6, 6.07) is 5.43. The first-order chi connectivity index (χ1) is 9.56. The van der Waals surface area contributed by atoms with E-state index in [1.165, 1.54) is 11.3 Å². The number of nitrogens with zero attached hydrogens (tertiary/aromatic N) is 1. The molecule has 1 atom stereocenters. The number of hydrogen-bond donors (Lipinski definition) is 2. The van der Waals surface area contributed by atoms with Crippen LogP contribution in [0.1, 0.15) is 30.1 Å². The summed E-state index contributed by atoms with van der Waals surface area (Å²) in [6.45, 7) is 3.35. The average molecular weight is 291 g/mol. The number of hydrogen-bond acceptors (Lipinski definition) is 5. The normalized spacial score (nSPS) is 22.2. The Balaban J connectivity index is 1.71. The van der Waals surface area contributed by atoms with Crippen LogP contribution in [0.25, 0.3) is 10.2 Å². The number of ether oxygens (including phenoxy) is 1. The number of carbonyl (C=O) groups is 1. The van der Waals surface area contributed by atoms with Gasteiger partial charge in [0.2, 0.25) is 0 Å². The first-order valence-corrected chi connectivity index (χ1v) is 7.46. The molecule has 1 aromatic carbocycles. The number of rotatable bonds is 3. The molecule has 2 heterocycles. The molecule has 5 nitrogen and oxygen atoms in total. The molecular formula is C14H17N3O2S. The molecule has 0 spiro atoms. The molecule has 0 bridgehead atoms. The lowest BCUT2D eigenvalue weighted by Crippen LogP contribution is -2.40. The number of aromatic nitrogens is 1. The molecule has 3 N–H and O–H groups in total. The van der Waals surface area contributed by atoms with Gasteiger partial charge in [-0.15, -0.1) is 0 Å². The molecule has 1 unspecified atom stereocenters. The third-order valence-electron chi connectivity index (χ3n) is 3.59. The number of amides is 1. The van der Waals surface area contributed by atoms with E-state index in [1.807, 2.05) is 19.1 Å². The predicted molar refractivity (Wildman–Crippen MR) is 80.0 cm³/mol. The molecule has 6 heteroatoms. The Labute approximate surface area is 121 Å². The summed E-state index contributed by atoms with van der Waals surface area (Å²) in [4.78, 5) is 16.4. The third kappa shape index (κ3) is 2.62. The van der Waals surface area contributed by atoms with Gasteiger partial charge in [-0.05, 0) is 38.0 Å². The van der Waals surface area contributed by atoms with E-state index < -0.39 is 0 Å². The highest BCUT2D eigenvalue weighted by Gasteiger charge is 2.30. The first kappa shape index (κ1) is 13.3. The number of carbonyl (C=O) groups excluding carboxylic acids is 1. The van der Waals surface area contributed by atoms with Crippen LogP contribution in [0.15, 0.2) is 18.2 Å². The highest BCUT2D eigenvalue weighted by Crippen LogP contribution is 2.26. The number of nitrogen functional groups attached to an aromatic ring is 1. The maximum Gasteiger partial charge on any atom is 0.251 e. The van der Waals surface area contributed by atoms with Crippen molar-refractivity contribution in [2.75, 3.05) is 18.9 Å². The van der Waals surface area contributed by atoms with Crippen LogP contribution in [0, 0.1) is 0 Å². The molecule has 0 radical (unpaired) electrons. The van der Waals surface area contributed by atoms with E-state index >= 15 is 0 Å². The summed E-state index contributed by atoms with van der Waals surface area (Å²) in [5.41, 5.74) is 6.89. The lowest BCUT2D eigenvalue weighted by Gasteiger charge is -2.23. The SMILES string of the molecule is CC1(CNC(=O)c2ccc3nc(N)sc3c2)CCCO1. The lowest BCUT2D eigenvalue weighted by atomic mass is 10.0. The van der Waals surface area contributed by atoms with Gasteiger partial charge in [-0.2, -0.15) is 0 Å². The van der Waals surface area contributed by atoms with Gasteiger partial charge < -0.3 is 15.8 Å². The molecule has 0 aliphatic carbocycles. The van der Waals surface area contributed by atoms with Gasteiger partial charge in [-0.25, -0.2) is 4.98 Å². The van der Waals surface area contributed by atoms with E-state index in [0.29, 0.717) is 17.2 Å². The highest BCUT2D eigenvalue weighted by molar-refractivity contribution is 7.22. The number of thiazole rings is 1. The van der Waals surface area contributed by atoms with Crippen molar-refractivity contribution in [2.24, 2.45) is 0 Å². The Morgan fingerprint density at radius 2 is 2.45 bits per heavy atom. The van der Waals surface area contributed by atoms with Crippen LogP contribution < -0.4 is 11.1 Å². The molecule has 20 heavy (non-hydrogen) atoms. The summed E-state index contributed by atoms with van der Waals surface area (Å²) >= 11 is 1.39. The summed E-state index contributed by atoms with van der Waals surface area (Å²) in [6.07, 6.45) is 2.04. The van der Waals surface area contributed by atoms with Gasteiger partial charge in [0.15, 0.2) is 5.13 Å². The minimum Gasteiger partial charge on any atom is -0.375 e. The second-order valence-corrected chi connectivity index (χ2v) is 6.38. The van der Waals surface area contributed by atoms with E-state index in [1.54, 1.807) is 6.07 Å². The monoisotopic (exact) mass is 291 g/mol. The minimum atomic E-state index is -0.228. The second-order valence-electron chi connectivity index (χ2n) is 5.32. The summed E-state index contributed by atoms with van der Waals surface area (Å²) in [7, 11) is 0. The minimum absolute atomic E-state index is 0.0874. The summed E-state index contributed by atoms with van der Waals surface area (Å²) in [5, 5.41) is 3.46. The van der Waals surface area contributed by atoms with Crippen molar-refractivity contribution in [3.05, 3.63) is 23.8 Å². The zero-order chi connectivity index (χ0) is 14.2. The van der Waals surface area contributed by atoms with Gasteiger partial charge in [-0.1, -0.05) is 11.3 Å². The zero-order valence-corrected chi connectivity index (χ0v) is 12.1. The van der Waals surface area contributed by atoms with Crippen molar-refractivity contribution in [3.8, 4) is 0 Å². The Morgan fingerprint density at radius 1 is 1.60 bits per heavy atom. The maximum absolute atomic E-state index is 12.2. The second kappa shape index (κ2) is 5.03. The maximum atomic E-state index is 12.2. The fourth-order valence-corrected chi connectivity index (χ4v) is 3.20. The van der Waals surface area contributed by atoms with Crippen LogP contribution in [-0.4, -0.2) is 29.6 Å². The number of nitrogens with one attached hydrogen (secondary N) is 1. The van der Waals surface area contributed by atoms with E-state index in [4.69, 9.17) is 10.5 Å². The van der Waals surface area contributed by atoms with Crippen molar-refractivity contribution < 1.29 is 9.53 Å². The van der Waals surface area contributed by atoms with Crippen molar-refractivity contribution in [1.82, 2.24) is 10.3 Å². The van der Waals surface area contributed by atoms with Crippen LogP contribution in [0.3, 0.4) is 0 Å². The molecule has 1 aliphatic heterocycles. The van der Waals surface area contributed by atoms with Crippen molar-refractivity contribution in [1.29, 1.82) is 0 Å². The Bertz CT molecular complexity index is 647. The van der Waals surface area contributed by atoms with E-state index in [2.05, 4.69) is 10.3 Å². The molecule has 1 aliphatic rings. The van der Waals surface area contributed by atoms with Gasteiger partial charge in [-0.3, -0.25) is 4.79 Å². The number of anilines is 1. The molecule has 1 fully saturated rings. The number of benzene rings is 1. The molecule has 1 amide bonds.